The number of nitrogens with zero attached hydrogens (tertiary/aromatic N) is 1. The van der Waals surface area contributed by atoms with Crippen LogP contribution in [0.25, 0.3) is 11.3 Å². The van der Waals surface area contributed by atoms with E-state index in [1.807, 2.05) is 30.3 Å². The molecule has 0 saturated carbocycles. The van der Waals surface area contributed by atoms with Gasteiger partial charge in [-0.15, -0.1) is 0 Å². The van der Waals surface area contributed by atoms with Gasteiger partial charge in [0.05, 0.1) is 19.1 Å². The minimum absolute atomic E-state index is 0.258. The third-order valence-electron chi connectivity index (χ3n) is 2.72. The molecule has 4 heteroatoms. The molecule has 2 aromatic rings. The fraction of sp³-hybridized carbons (Fsp3) is 0.133. The number of hydrogen-bond donors (Lipinski definition) is 2. The van der Waals surface area contributed by atoms with Crippen LogP contribution in [-0.2, 0) is 11.2 Å². The minimum Gasteiger partial charge on any atom is -0.508 e. The van der Waals surface area contributed by atoms with E-state index >= 15 is 0 Å². The largest absolute Gasteiger partial charge is 0.508 e. The molecule has 0 aliphatic rings. The van der Waals surface area contributed by atoms with Gasteiger partial charge in [-0.3, -0.25) is 0 Å². The van der Waals surface area contributed by atoms with Crippen molar-refractivity contribution in [3.8, 4) is 17.0 Å². The molecule has 1 aromatic heterocycles. The Kier molecular flexibility index (Phi) is 4.03. The lowest BCUT2D eigenvalue weighted by molar-refractivity contribution is 0.336. The predicted octanol–water partition coefficient (Wildman–Crippen LogP) is 2.74. The fourth-order valence-electron chi connectivity index (χ4n) is 1.79. The minimum atomic E-state index is 0.258. The second-order valence-electron chi connectivity index (χ2n) is 4.10. The molecule has 0 aliphatic heterocycles. The van der Waals surface area contributed by atoms with Gasteiger partial charge < -0.3 is 15.6 Å². The zero-order valence-electron chi connectivity index (χ0n) is 10.7. The molecule has 0 aliphatic carbocycles. The SMILES string of the molecule is COC=CCc1cc(-c2cccc(N)n2)ccc1O. The highest BCUT2D eigenvalue weighted by Crippen LogP contribution is 2.25. The summed E-state index contributed by atoms with van der Waals surface area (Å²) >= 11 is 0. The number of phenolic OH excluding ortho intramolecular Hbond substituents is 1. The molecular formula is C15H16N2O2. The van der Waals surface area contributed by atoms with Crippen LogP contribution in [0.5, 0.6) is 5.75 Å². The molecule has 0 saturated heterocycles. The maximum absolute atomic E-state index is 9.82. The fourth-order valence-corrected chi connectivity index (χ4v) is 1.79. The smallest absolute Gasteiger partial charge is 0.124 e. The van der Waals surface area contributed by atoms with Crippen LogP contribution in [0.15, 0.2) is 48.7 Å². The molecule has 0 fully saturated rings. The van der Waals surface area contributed by atoms with Crippen LogP contribution in [0.3, 0.4) is 0 Å². The van der Waals surface area contributed by atoms with Gasteiger partial charge in [-0.25, -0.2) is 4.98 Å². The monoisotopic (exact) mass is 256 g/mol. The van der Waals surface area contributed by atoms with Gasteiger partial charge in [0.25, 0.3) is 0 Å². The number of ether oxygens (including phenoxy) is 1. The molecule has 0 spiro atoms. The first kappa shape index (κ1) is 13.0. The number of hydrogen-bond acceptors (Lipinski definition) is 4. The number of aromatic hydroxyl groups is 1. The average Bonchev–Trinajstić information content (AvgIpc) is 2.41. The van der Waals surface area contributed by atoms with Gasteiger partial charge in [0.15, 0.2) is 0 Å². The zero-order chi connectivity index (χ0) is 13.7. The Labute approximate surface area is 112 Å². The van der Waals surface area contributed by atoms with Crippen molar-refractivity contribution in [1.29, 1.82) is 0 Å². The van der Waals surface area contributed by atoms with Gasteiger partial charge >= 0.3 is 0 Å². The highest BCUT2D eigenvalue weighted by atomic mass is 16.5. The topological polar surface area (TPSA) is 68.4 Å². The van der Waals surface area contributed by atoms with Crippen LogP contribution in [-0.4, -0.2) is 17.2 Å². The maximum Gasteiger partial charge on any atom is 0.124 e. The first-order valence-corrected chi connectivity index (χ1v) is 5.93. The highest BCUT2D eigenvalue weighted by Gasteiger charge is 2.05. The molecule has 1 heterocycles. The summed E-state index contributed by atoms with van der Waals surface area (Å²) in [5, 5.41) is 9.82. The molecule has 98 valence electrons. The molecule has 0 unspecified atom stereocenters. The van der Waals surface area contributed by atoms with E-state index in [1.54, 1.807) is 25.5 Å². The number of nitrogen functional groups attached to an aromatic ring is 1. The Bertz CT molecular complexity index is 594. The van der Waals surface area contributed by atoms with Crippen molar-refractivity contribution in [2.45, 2.75) is 6.42 Å². The van der Waals surface area contributed by atoms with Gasteiger partial charge in [-0.2, -0.15) is 0 Å². The Morgan fingerprint density at radius 2 is 2.16 bits per heavy atom. The van der Waals surface area contributed by atoms with Crippen LogP contribution in [0.4, 0.5) is 5.82 Å². The zero-order valence-corrected chi connectivity index (χ0v) is 10.7. The van der Waals surface area contributed by atoms with Crippen LogP contribution in [0.1, 0.15) is 5.56 Å². The summed E-state index contributed by atoms with van der Waals surface area (Å²) in [5.41, 5.74) is 8.20. The molecular weight excluding hydrogens is 240 g/mol. The third kappa shape index (κ3) is 3.25. The van der Waals surface area contributed by atoms with Crippen molar-refractivity contribution in [3.63, 3.8) is 0 Å². The van der Waals surface area contributed by atoms with E-state index in [0.717, 1.165) is 16.8 Å². The lowest BCUT2D eigenvalue weighted by Crippen LogP contribution is -1.92. The Morgan fingerprint density at radius 1 is 1.32 bits per heavy atom. The molecule has 3 N–H and O–H groups in total. The summed E-state index contributed by atoms with van der Waals surface area (Å²) in [4.78, 5) is 4.26. The van der Waals surface area contributed by atoms with Gasteiger partial charge in [-0.1, -0.05) is 6.07 Å². The number of nitrogens with two attached hydrogens (primary N) is 1. The maximum atomic E-state index is 9.82. The lowest BCUT2D eigenvalue weighted by atomic mass is 10.0. The number of pyridine rings is 1. The number of aromatic nitrogens is 1. The molecule has 0 amide bonds. The molecule has 4 nitrogen and oxygen atoms in total. The average molecular weight is 256 g/mol. The standard InChI is InChI=1S/C15H16N2O2/c1-19-9-3-4-12-10-11(7-8-14(12)18)13-5-2-6-15(16)17-13/h2-3,5-10,18H,4H2,1H3,(H2,16,17). The van der Waals surface area contributed by atoms with Crippen LogP contribution in [0.2, 0.25) is 0 Å². The van der Waals surface area contributed by atoms with Crippen molar-refractivity contribution in [1.82, 2.24) is 4.98 Å². The Morgan fingerprint density at radius 3 is 2.89 bits per heavy atom. The van der Waals surface area contributed by atoms with Crippen LogP contribution < -0.4 is 5.73 Å². The van der Waals surface area contributed by atoms with E-state index in [4.69, 9.17) is 10.5 Å². The number of rotatable bonds is 4. The molecule has 0 radical (unpaired) electrons. The number of allylic oxidation sites excluding steroid dienone is 1. The molecule has 1 aromatic carbocycles. The summed E-state index contributed by atoms with van der Waals surface area (Å²) < 4.78 is 4.84. The molecule has 0 bridgehead atoms. The molecule has 19 heavy (non-hydrogen) atoms. The van der Waals surface area contributed by atoms with Gasteiger partial charge in [0.1, 0.15) is 11.6 Å². The van der Waals surface area contributed by atoms with Gasteiger partial charge in [0.2, 0.25) is 0 Å². The Balaban J connectivity index is 2.32. The van der Waals surface area contributed by atoms with E-state index in [9.17, 15) is 5.11 Å². The summed E-state index contributed by atoms with van der Waals surface area (Å²) in [7, 11) is 1.59. The lowest BCUT2D eigenvalue weighted by Gasteiger charge is -2.06. The van der Waals surface area contributed by atoms with Crippen molar-refractivity contribution in [3.05, 3.63) is 54.3 Å². The highest BCUT2D eigenvalue weighted by molar-refractivity contribution is 5.63. The second kappa shape index (κ2) is 5.91. The van der Waals surface area contributed by atoms with Crippen molar-refractivity contribution in [2.24, 2.45) is 0 Å². The van der Waals surface area contributed by atoms with E-state index < -0.39 is 0 Å². The van der Waals surface area contributed by atoms with E-state index in [1.165, 1.54) is 0 Å². The van der Waals surface area contributed by atoms with E-state index in [2.05, 4.69) is 4.98 Å². The van der Waals surface area contributed by atoms with Gasteiger partial charge in [0, 0.05) is 5.56 Å². The number of methoxy groups -OCH3 is 1. The van der Waals surface area contributed by atoms with Crippen LogP contribution in [0, 0.1) is 0 Å². The van der Waals surface area contributed by atoms with E-state index in [-0.39, 0.29) is 5.75 Å². The predicted molar refractivity (Wildman–Crippen MR) is 75.6 cm³/mol. The van der Waals surface area contributed by atoms with Crippen molar-refractivity contribution in [2.75, 3.05) is 12.8 Å². The number of benzene rings is 1. The van der Waals surface area contributed by atoms with E-state index in [0.29, 0.717) is 12.2 Å². The van der Waals surface area contributed by atoms with Crippen molar-refractivity contribution < 1.29 is 9.84 Å². The first-order valence-electron chi connectivity index (χ1n) is 5.93. The summed E-state index contributed by atoms with van der Waals surface area (Å²) in [6.07, 6.45) is 4.02. The normalized spacial score (nSPS) is 10.8. The summed E-state index contributed by atoms with van der Waals surface area (Å²) in [6.45, 7) is 0. The first-order chi connectivity index (χ1) is 9.20. The molecule has 2 rings (SSSR count). The van der Waals surface area contributed by atoms with Gasteiger partial charge in [-0.05, 0) is 48.4 Å². The third-order valence-corrected chi connectivity index (χ3v) is 2.72. The van der Waals surface area contributed by atoms with Crippen molar-refractivity contribution >= 4 is 5.82 Å². The summed E-state index contributed by atoms with van der Waals surface area (Å²) in [5.74, 6) is 0.736. The second-order valence-corrected chi connectivity index (χ2v) is 4.10. The summed E-state index contributed by atoms with van der Waals surface area (Å²) in [6, 6.07) is 10.9. The number of anilines is 1. The Hall–Kier alpha value is -2.49. The quantitative estimate of drug-likeness (QED) is 0.825. The number of phenols is 1. The molecule has 0 atom stereocenters. The van der Waals surface area contributed by atoms with Crippen LogP contribution >= 0.6 is 0 Å².